The van der Waals surface area contributed by atoms with Gasteiger partial charge in [0, 0.05) is 7.11 Å². The van der Waals surface area contributed by atoms with Crippen LogP contribution in [-0.4, -0.2) is 55.0 Å². The lowest BCUT2D eigenvalue weighted by molar-refractivity contribution is -0.263. The largest absolute Gasteiger partial charge is 0.388 e. The summed E-state index contributed by atoms with van der Waals surface area (Å²) in [6.45, 7) is 1.82. The number of aliphatic hydroxyl groups is 2. The van der Waals surface area contributed by atoms with Crippen LogP contribution in [0.25, 0.3) is 0 Å². The van der Waals surface area contributed by atoms with Crippen LogP contribution in [0, 0.1) is 0 Å². The maximum Gasteiger partial charge on any atom is 0.186 e. The van der Waals surface area contributed by atoms with Gasteiger partial charge in [-0.2, -0.15) is 0 Å². The van der Waals surface area contributed by atoms with Crippen LogP contribution < -0.4 is 5.32 Å². The van der Waals surface area contributed by atoms with E-state index in [1.165, 1.54) is 7.11 Å². The zero-order valence-electron chi connectivity index (χ0n) is 8.10. The Morgan fingerprint density at radius 2 is 1.92 bits per heavy atom. The van der Waals surface area contributed by atoms with Gasteiger partial charge in [0.2, 0.25) is 0 Å². The average molecular weight is 191 g/mol. The molecule has 1 aliphatic heterocycles. The zero-order valence-corrected chi connectivity index (χ0v) is 8.10. The third-order valence-electron chi connectivity index (χ3n) is 2.42. The molecule has 5 nitrogen and oxygen atoms in total. The summed E-state index contributed by atoms with van der Waals surface area (Å²) in [5.74, 6) is 0. The Hall–Kier alpha value is -0.200. The van der Waals surface area contributed by atoms with Crippen molar-refractivity contribution in [2.24, 2.45) is 0 Å². The molecule has 5 heteroatoms. The fourth-order valence-corrected chi connectivity index (χ4v) is 1.63. The highest BCUT2D eigenvalue weighted by atomic mass is 16.7. The molecule has 1 aliphatic rings. The summed E-state index contributed by atoms with van der Waals surface area (Å²) in [7, 11) is 3.15. The van der Waals surface area contributed by atoms with Crippen LogP contribution in [0.5, 0.6) is 0 Å². The molecule has 0 amide bonds. The number of methoxy groups -OCH3 is 1. The minimum atomic E-state index is -1.00. The zero-order chi connectivity index (χ0) is 10.0. The van der Waals surface area contributed by atoms with Gasteiger partial charge in [-0.15, -0.1) is 0 Å². The van der Waals surface area contributed by atoms with E-state index in [9.17, 15) is 10.2 Å². The van der Waals surface area contributed by atoms with Gasteiger partial charge in [-0.3, -0.25) is 0 Å². The van der Waals surface area contributed by atoms with E-state index in [-0.39, 0.29) is 12.1 Å². The summed E-state index contributed by atoms with van der Waals surface area (Å²) in [6, 6.07) is -0.263. The van der Waals surface area contributed by atoms with Crippen molar-refractivity contribution < 1.29 is 19.7 Å². The van der Waals surface area contributed by atoms with Crippen molar-refractivity contribution in [1.82, 2.24) is 5.32 Å². The molecule has 0 saturated carbocycles. The third-order valence-corrected chi connectivity index (χ3v) is 2.42. The number of aliphatic hydroxyl groups excluding tert-OH is 2. The Morgan fingerprint density at radius 1 is 1.31 bits per heavy atom. The summed E-state index contributed by atoms with van der Waals surface area (Å²) in [5, 5.41) is 22.0. The predicted molar refractivity (Wildman–Crippen MR) is 46.2 cm³/mol. The first kappa shape index (κ1) is 10.9. The van der Waals surface area contributed by atoms with Gasteiger partial charge in [0.05, 0.1) is 12.1 Å². The van der Waals surface area contributed by atoms with E-state index in [0.29, 0.717) is 0 Å². The Morgan fingerprint density at radius 3 is 2.38 bits per heavy atom. The SMILES string of the molecule is CN[C@@H]1[C@H](O)[C@H](O)[C@@H](OC)O[C@H]1C. The normalized spacial score (nSPS) is 46.4. The number of hydrogen-bond acceptors (Lipinski definition) is 5. The van der Waals surface area contributed by atoms with Crippen LogP contribution in [0.4, 0.5) is 0 Å². The molecule has 0 aliphatic carbocycles. The van der Waals surface area contributed by atoms with Crippen LogP contribution in [0.3, 0.4) is 0 Å². The second kappa shape index (κ2) is 4.34. The van der Waals surface area contributed by atoms with Gasteiger partial charge in [-0.25, -0.2) is 0 Å². The number of rotatable bonds is 2. The van der Waals surface area contributed by atoms with E-state index < -0.39 is 18.5 Å². The van der Waals surface area contributed by atoms with Gasteiger partial charge in [0.15, 0.2) is 6.29 Å². The summed E-state index contributed by atoms with van der Waals surface area (Å²) < 4.78 is 10.2. The molecular weight excluding hydrogens is 174 g/mol. The molecule has 5 atom stereocenters. The molecule has 0 aromatic rings. The molecular formula is C8H17NO4. The van der Waals surface area contributed by atoms with E-state index in [4.69, 9.17) is 9.47 Å². The van der Waals surface area contributed by atoms with Crippen LogP contribution in [-0.2, 0) is 9.47 Å². The molecule has 0 aromatic heterocycles. The van der Waals surface area contributed by atoms with E-state index in [1.807, 2.05) is 6.92 Å². The second-order valence-electron chi connectivity index (χ2n) is 3.24. The molecule has 0 unspecified atom stereocenters. The Balaban J connectivity index is 2.66. The van der Waals surface area contributed by atoms with E-state index in [2.05, 4.69) is 5.32 Å². The first-order valence-electron chi connectivity index (χ1n) is 4.33. The molecule has 3 N–H and O–H groups in total. The Bertz CT molecular complexity index is 166. The van der Waals surface area contributed by atoms with Gasteiger partial charge < -0.3 is 25.0 Å². The van der Waals surface area contributed by atoms with Crippen molar-refractivity contribution in [1.29, 1.82) is 0 Å². The summed E-state index contributed by atoms with van der Waals surface area (Å²) in [4.78, 5) is 0. The molecule has 1 saturated heterocycles. The lowest BCUT2D eigenvalue weighted by atomic mass is 9.97. The molecule has 1 heterocycles. The van der Waals surface area contributed by atoms with Crippen molar-refractivity contribution in [3.63, 3.8) is 0 Å². The van der Waals surface area contributed by atoms with Gasteiger partial charge >= 0.3 is 0 Å². The number of nitrogens with one attached hydrogen (secondary N) is 1. The van der Waals surface area contributed by atoms with Crippen molar-refractivity contribution in [2.45, 2.75) is 37.6 Å². The molecule has 1 rings (SSSR count). The first-order valence-corrected chi connectivity index (χ1v) is 4.33. The quantitative estimate of drug-likeness (QED) is 0.505. The van der Waals surface area contributed by atoms with Crippen molar-refractivity contribution in [3.05, 3.63) is 0 Å². The number of ether oxygens (including phenoxy) is 2. The monoisotopic (exact) mass is 191 g/mol. The fraction of sp³-hybridized carbons (Fsp3) is 1.00. The molecule has 0 aromatic carbocycles. The van der Waals surface area contributed by atoms with Crippen LogP contribution in [0.1, 0.15) is 6.92 Å². The van der Waals surface area contributed by atoms with Gasteiger partial charge in [0.1, 0.15) is 12.2 Å². The Kier molecular flexibility index (Phi) is 3.63. The standard InChI is InChI=1S/C8H17NO4/c1-4-5(9-2)6(10)7(11)8(12-3)13-4/h4-11H,1-3H3/t4-,5-,6-,7-,8-/m0/s1. The van der Waals surface area contributed by atoms with Crippen LogP contribution >= 0.6 is 0 Å². The highest BCUT2D eigenvalue weighted by molar-refractivity contribution is 4.91. The average Bonchev–Trinajstić information content (AvgIpc) is 2.12. The molecule has 0 radical (unpaired) electrons. The molecule has 13 heavy (non-hydrogen) atoms. The van der Waals surface area contributed by atoms with E-state index >= 15 is 0 Å². The van der Waals surface area contributed by atoms with Gasteiger partial charge in [0.25, 0.3) is 0 Å². The van der Waals surface area contributed by atoms with Crippen molar-refractivity contribution in [3.8, 4) is 0 Å². The topological polar surface area (TPSA) is 71.0 Å². The second-order valence-corrected chi connectivity index (χ2v) is 3.24. The number of hydrogen-bond donors (Lipinski definition) is 3. The highest BCUT2D eigenvalue weighted by Crippen LogP contribution is 2.20. The van der Waals surface area contributed by atoms with Crippen molar-refractivity contribution in [2.75, 3.05) is 14.2 Å². The van der Waals surface area contributed by atoms with Gasteiger partial charge in [-0.1, -0.05) is 0 Å². The maximum absolute atomic E-state index is 9.64. The van der Waals surface area contributed by atoms with Gasteiger partial charge in [-0.05, 0) is 14.0 Å². The smallest absolute Gasteiger partial charge is 0.186 e. The molecule has 1 fully saturated rings. The van der Waals surface area contributed by atoms with Crippen LogP contribution in [0.15, 0.2) is 0 Å². The Labute approximate surface area is 77.7 Å². The molecule has 78 valence electrons. The lowest BCUT2D eigenvalue weighted by Crippen LogP contribution is -2.61. The van der Waals surface area contributed by atoms with E-state index in [0.717, 1.165) is 0 Å². The fourth-order valence-electron chi connectivity index (χ4n) is 1.63. The number of likely N-dealkylation sites (N-methyl/N-ethyl adjacent to an activating group) is 1. The minimum absolute atomic E-state index is 0.187. The minimum Gasteiger partial charge on any atom is -0.388 e. The van der Waals surface area contributed by atoms with Crippen LogP contribution in [0.2, 0.25) is 0 Å². The lowest BCUT2D eigenvalue weighted by Gasteiger charge is -2.40. The summed E-state index contributed by atoms with van der Waals surface area (Å²) in [6.07, 6.45) is -2.79. The summed E-state index contributed by atoms with van der Waals surface area (Å²) >= 11 is 0. The predicted octanol–water partition coefficient (Wildman–Crippen LogP) is -1.31. The summed E-state index contributed by atoms with van der Waals surface area (Å²) in [5.41, 5.74) is 0. The highest BCUT2D eigenvalue weighted by Gasteiger charge is 2.41. The third kappa shape index (κ3) is 2.00. The maximum atomic E-state index is 9.64. The molecule has 0 spiro atoms. The first-order chi connectivity index (χ1) is 6.11. The van der Waals surface area contributed by atoms with Crippen molar-refractivity contribution >= 4 is 0 Å². The van der Waals surface area contributed by atoms with E-state index in [1.54, 1.807) is 7.05 Å². The molecule has 0 bridgehead atoms.